The molecule has 1 atom stereocenters. The lowest BCUT2D eigenvalue weighted by Crippen LogP contribution is -2.23. The number of carbonyl (C=O) groups is 1. The quantitative estimate of drug-likeness (QED) is 0.868. The number of carbonyl (C=O) groups excluding carboxylic acids is 1. The second-order valence-electron chi connectivity index (χ2n) is 5.37. The molecule has 20 heavy (non-hydrogen) atoms. The van der Waals surface area contributed by atoms with Gasteiger partial charge in [-0.3, -0.25) is 4.79 Å². The smallest absolute Gasteiger partial charge is 0.263 e. The maximum absolute atomic E-state index is 12.1. The molecule has 0 aromatic carbocycles. The van der Waals surface area contributed by atoms with E-state index in [1.165, 1.54) is 16.9 Å². The molecule has 110 valence electrons. The third-order valence-electron chi connectivity index (χ3n) is 3.30. The predicted molar refractivity (Wildman–Crippen MR) is 81.4 cm³/mol. The van der Waals surface area contributed by atoms with Crippen LogP contribution in [-0.2, 0) is 4.74 Å². The number of hydrogen-bond donors (Lipinski definition) is 1. The number of allylic oxidation sites excluding steroid dienone is 1. The van der Waals surface area contributed by atoms with Crippen LogP contribution in [0, 0.1) is 6.92 Å². The number of thiazole rings is 1. The Labute approximate surface area is 124 Å². The number of hydrogen-bond acceptors (Lipinski definition) is 4. The normalized spacial score (nSPS) is 18.6. The molecule has 4 nitrogen and oxygen atoms in total. The van der Waals surface area contributed by atoms with Gasteiger partial charge in [0.1, 0.15) is 4.88 Å². The van der Waals surface area contributed by atoms with Crippen molar-refractivity contribution in [3.63, 3.8) is 0 Å². The van der Waals surface area contributed by atoms with E-state index in [2.05, 4.69) is 10.3 Å². The summed E-state index contributed by atoms with van der Waals surface area (Å²) in [6, 6.07) is 0. The van der Waals surface area contributed by atoms with Crippen molar-refractivity contribution in [2.45, 2.75) is 39.5 Å². The molecule has 0 radical (unpaired) electrons. The Morgan fingerprint density at radius 2 is 2.35 bits per heavy atom. The Bertz CT molecular complexity index is 498. The van der Waals surface area contributed by atoms with Crippen molar-refractivity contribution in [1.82, 2.24) is 10.3 Å². The molecular weight excluding hydrogens is 272 g/mol. The average Bonchev–Trinajstić information content (AvgIpc) is 2.81. The summed E-state index contributed by atoms with van der Waals surface area (Å²) >= 11 is 1.51. The van der Waals surface area contributed by atoms with Crippen LogP contribution in [0.4, 0.5) is 0 Å². The van der Waals surface area contributed by atoms with E-state index in [1.807, 2.05) is 26.8 Å². The largest absolute Gasteiger partial charge is 0.381 e. The Hall–Kier alpha value is -1.20. The van der Waals surface area contributed by atoms with Crippen molar-refractivity contribution in [2.75, 3.05) is 19.8 Å². The van der Waals surface area contributed by atoms with Crippen LogP contribution in [0.3, 0.4) is 0 Å². The topological polar surface area (TPSA) is 51.2 Å². The molecular formula is C15H22N2O2S. The SMILES string of the molecule is CC(C)=CCNC(=O)c1sc(C2CCCOC2)nc1C. The maximum Gasteiger partial charge on any atom is 0.263 e. The molecule has 0 spiro atoms. The summed E-state index contributed by atoms with van der Waals surface area (Å²) in [4.78, 5) is 17.4. The van der Waals surface area contributed by atoms with Gasteiger partial charge in [-0.25, -0.2) is 4.98 Å². The van der Waals surface area contributed by atoms with Gasteiger partial charge in [-0.1, -0.05) is 11.6 Å². The first kappa shape index (κ1) is 15.2. The number of nitrogens with one attached hydrogen (secondary N) is 1. The third-order valence-corrected chi connectivity index (χ3v) is 4.62. The molecule has 1 aliphatic heterocycles. The summed E-state index contributed by atoms with van der Waals surface area (Å²) in [6.45, 7) is 8.08. The Kier molecular flexibility index (Phi) is 5.31. The van der Waals surface area contributed by atoms with E-state index in [9.17, 15) is 4.79 Å². The van der Waals surface area contributed by atoms with Gasteiger partial charge in [-0.2, -0.15) is 0 Å². The molecule has 5 heteroatoms. The summed E-state index contributed by atoms with van der Waals surface area (Å²) in [5, 5.41) is 3.95. The van der Waals surface area contributed by atoms with E-state index in [1.54, 1.807) is 0 Å². The second-order valence-corrected chi connectivity index (χ2v) is 6.40. The van der Waals surface area contributed by atoms with Crippen molar-refractivity contribution in [3.8, 4) is 0 Å². The zero-order chi connectivity index (χ0) is 14.5. The van der Waals surface area contributed by atoms with Gasteiger partial charge >= 0.3 is 0 Å². The molecule has 1 unspecified atom stereocenters. The average molecular weight is 294 g/mol. The summed E-state index contributed by atoms with van der Waals surface area (Å²) < 4.78 is 5.50. The molecule has 1 aromatic rings. The number of aromatic nitrogens is 1. The zero-order valence-corrected chi connectivity index (χ0v) is 13.2. The lowest BCUT2D eigenvalue weighted by Gasteiger charge is -2.19. The summed E-state index contributed by atoms with van der Waals surface area (Å²) in [5.74, 6) is 0.326. The van der Waals surface area contributed by atoms with Gasteiger partial charge < -0.3 is 10.1 Å². The molecule has 1 N–H and O–H groups in total. The Morgan fingerprint density at radius 1 is 1.55 bits per heavy atom. The highest BCUT2D eigenvalue weighted by molar-refractivity contribution is 7.13. The van der Waals surface area contributed by atoms with Gasteiger partial charge in [0.25, 0.3) is 5.91 Å². The van der Waals surface area contributed by atoms with Crippen LogP contribution in [0.2, 0.25) is 0 Å². The van der Waals surface area contributed by atoms with E-state index >= 15 is 0 Å². The van der Waals surface area contributed by atoms with Crippen LogP contribution < -0.4 is 5.32 Å². The molecule has 1 aromatic heterocycles. The lowest BCUT2D eigenvalue weighted by molar-refractivity contribution is 0.0803. The number of amides is 1. The molecule has 1 aliphatic rings. The summed E-state index contributed by atoms with van der Waals surface area (Å²) in [7, 11) is 0. The summed E-state index contributed by atoms with van der Waals surface area (Å²) in [5.41, 5.74) is 2.02. The molecule has 2 rings (SSSR count). The van der Waals surface area contributed by atoms with Gasteiger partial charge in [-0.15, -0.1) is 11.3 Å². The monoisotopic (exact) mass is 294 g/mol. The highest BCUT2D eigenvalue weighted by atomic mass is 32.1. The highest BCUT2D eigenvalue weighted by Crippen LogP contribution is 2.30. The first-order valence-corrected chi connectivity index (χ1v) is 7.86. The molecule has 1 amide bonds. The van der Waals surface area contributed by atoms with Crippen molar-refractivity contribution in [3.05, 3.63) is 27.2 Å². The molecule has 1 fully saturated rings. The summed E-state index contributed by atoms with van der Waals surface area (Å²) in [6.07, 6.45) is 4.18. The first-order valence-electron chi connectivity index (χ1n) is 7.04. The Balaban J connectivity index is 2.02. The van der Waals surface area contributed by atoms with E-state index < -0.39 is 0 Å². The van der Waals surface area contributed by atoms with E-state index in [-0.39, 0.29) is 5.91 Å². The minimum absolute atomic E-state index is 0.0273. The van der Waals surface area contributed by atoms with E-state index in [0.29, 0.717) is 12.5 Å². The van der Waals surface area contributed by atoms with Crippen molar-refractivity contribution in [2.24, 2.45) is 0 Å². The van der Waals surface area contributed by atoms with Crippen molar-refractivity contribution >= 4 is 17.2 Å². The highest BCUT2D eigenvalue weighted by Gasteiger charge is 2.22. The first-order chi connectivity index (χ1) is 9.58. The molecule has 1 saturated heterocycles. The fourth-order valence-electron chi connectivity index (χ4n) is 2.17. The van der Waals surface area contributed by atoms with Crippen LogP contribution in [0.1, 0.15) is 53.0 Å². The second kappa shape index (κ2) is 6.99. The number of aryl methyl sites for hydroxylation is 1. The van der Waals surface area contributed by atoms with Crippen LogP contribution in [0.5, 0.6) is 0 Å². The van der Waals surface area contributed by atoms with Gasteiger partial charge in [0.2, 0.25) is 0 Å². The standard InChI is InChI=1S/C15H22N2O2S/c1-10(2)6-7-16-14(18)13-11(3)17-15(20-13)12-5-4-8-19-9-12/h6,12H,4-5,7-9H2,1-3H3,(H,16,18). The lowest BCUT2D eigenvalue weighted by atomic mass is 10.0. The molecule has 0 saturated carbocycles. The van der Waals surface area contributed by atoms with Crippen molar-refractivity contribution in [1.29, 1.82) is 0 Å². The number of rotatable bonds is 4. The van der Waals surface area contributed by atoms with E-state index in [0.717, 1.165) is 41.6 Å². The zero-order valence-electron chi connectivity index (χ0n) is 12.4. The van der Waals surface area contributed by atoms with E-state index in [4.69, 9.17) is 4.74 Å². The van der Waals surface area contributed by atoms with Gasteiger partial charge in [0, 0.05) is 19.1 Å². The van der Waals surface area contributed by atoms with Crippen LogP contribution in [-0.4, -0.2) is 30.6 Å². The van der Waals surface area contributed by atoms with Crippen LogP contribution in [0.25, 0.3) is 0 Å². The molecule has 0 bridgehead atoms. The molecule has 2 heterocycles. The maximum atomic E-state index is 12.1. The number of nitrogens with zero attached hydrogens (tertiary/aromatic N) is 1. The number of ether oxygens (including phenoxy) is 1. The predicted octanol–water partition coefficient (Wildman–Crippen LogP) is 3.04. The third kappa shape index (κ3) is 3.90. The van der Waals surface area contributed by atoms with Gasteiger partial charge in [0.15, 0.2) is 0 Å². The molecule has 0 aliphatic carbocycles. The minimum Gasteiger partial charge on any atom is -0.381 e. The van der Waals surface area contributed by atoms with Crippen molar-refractivity contribution < 1.29 is 9.53 Å². The van der Waals surface area contributed by atoms with Gasteiger partial charge in [0.05, 0.1) is 17.3 Å². The fourth-order valence-corrected chi connectivity index (χ4v) is 3.27. The Morgan fingerprint density at radius 3 is 3.00 bits per heavy atom. The van der Waals surface area contributed by atoms with Crippen LogP contribution >= 0.6 is 11.3 Å². The van der Waals surface area contributed by atoms with Crippen LogP contribution in [0.15, 0.2) is 11.6 Å². The fraction of sp³-hybridized carbons (Fsp3) is 0.600. The van der Waals surface area contributed by atoms with Gasteiger partial charge in [-0.05, 0) is 33.6 Å². The minimum atomic E-state index is -0.0273.